The Morgan fingerprint density at radius 1 is 1.33 bits per heavy atom. The molecule has 0 spiro atoms. The molecular weight excluding hydrogens is 367 g/mol. The Morgan fingerprint density at radius 2 is 2.19 bits per heavy atom. The molecule has 0 aliphatic heterocycles. The van der Waals surface area contributed by atoms with E-state index in [1.54, 1.807) is 5.57 Å². The van der Waals surface area contributed by atoms with Crippen molar-refractivity contribution in [1.82, 2.24) is 0 Å². The quantitative estimate of drug-likeness (QED) is 0.214. The molecule has 6 atom stereocenters. The Balaban J connectivity index is 1.55. The zero-order valence-corrected chi connectivity index (χ0v) is 15.7. The Kier molecular flexibility index (Phi) is 5.36. The van der Waals surface area contributed by atoms with Crippen LogP contribution in [0.5, 0.6) is 0 Å². The van der Waals surface area contributed by atoms with Gasteiger partial charge < -0.3 is 0 Å². The first-order valence-corrected chi connectivity index (χ1v) is 10.3. The molecule has 0 amide bonds. The van der Waals surface area contributed by atoms with E-state index in [0.717, 1.165) is 33.5 Å². The van der Waals surface area contributed by atoms with Gasteiger partial charge in [0.05, 0.1) is 0 Å². The fourth-order valence-corrected chi connectivity index (χ4v) is 5.89. The Hall–Kier alpha value is 0.0300. The molecular formula is C20H29I. The summed E-state index contributed by atoms with van der Waals surface area (Å²) in [6.07, 6.45) is 13.5. The monoisotopic (exact) mass is 396 g/mol. The van der Waals surface area contributed by atoms with Crippen LogP contribution in [0.2, 0.25) is 0 Å². The molecule has 3 aliphatic rings. The van der Waals surface area contributed by atoms with Gasteiger partial charge in [0.25, 0.3) is 0 Å². The molecule has 0 saturated heterocycles. The molecule has 0 radical (unpaired) electrons. The second-order valence-electron chi connectivity index (χ2n) is 7.41. The zero-order valence-electron chi connectivity index (χ0n) is 13.6. The lowest BCUT2D eigenvalue weighted by Gasteiger charge is -2.25. The molecule has 1 heteroatoms. The van der Waals surface area contributed by atoms with Gasteiger partial charge in [-0.1, -0.05) is 72.8 Å². The van der Waals surface area contributed by atoms with E-state index >= 15 is 0 Å². The zero-order chi connectivity index (χ0) is 14.8. The van der Waals surface area contributed by atoms with Gasteiger partial charge in [-0.05, 0) is 56.3 Å². The molecule has 0 aromatic carbocycles. The Bertz CT molecular complexity index is 452. The molecule has 2 saturated carbocycles. The molecule has 3 rings (SSSR count). The van der Waals surface area contributed by atoms with E-state index in [9.17, 15) is 0 Å². The SMILES string of the molecule is CCC/C(=C\CCC1C#C[C@@H]2CC12)C(C)C1CCCC1I. The number of allylic oxidation sites excluding steroid dienone is 2. The summed E-state index contributed by atoms with van der Waals surface area (Å²) in [7, 11) is 0. The third-order valence-corrected chi connectivity index (χ3v) is 7.49. The van der Waals surface area contributed by atoms with Gasteiger partial charge in [-0.2, -0.15) is 0 Å². The minimum absolute atomic E-state index is 0.730. The average Bonchev–Trinajstić information content (AvgIpc) is 2.95. The maximum Gasteiger partial charge on any atom is 0.0246 e. The molecule has 0 nitrogen and oxygen atoms in total. The smallest absolute Gasteiger partial charge is 0.0246 e. The van der Waals surface area contributed by atoms with Gasteiger partial charge in [-0.15, -0.1) is 0 Å². The van der Waals surface area contributed by atoms with Crippen LogP contribution >= 0.6 is 22.6 Å². The van der Waals surface area contributed by atoms with Crippen LogP contribution in [0.4, 0.5) is 0 Å². The van der Waals surface area contributed by atoms with Crippen molar-refractivity contribution in [2.45, 2.75) is 69.1 Å². The van der Waals surface area contributed by atoms with Crippen molar-refractivity contribution in [3.05, 3.63) is 11.6 Å². The lowest BCUT2D eigenvalue weighted by molar-refractivity contribution is 0.418. The summed E-state index contributed by atoms with van der Waals surface area (Å²) in [6.45, 7) is 4.82. The lowest BCUT2D eigenvalue weighted by atomic mass is 9.83. The fraction of sp³-hybridized carbons (Fsp3) is 0.800. The minimum Gasteiger partial charge on any atom is -0.0993 e. The molecule has 5 unspecified atom stereocenters. The van der Waals surface area contributed by atoms with Crippen molar-refractivity contribution < 1.29 is 0 Å². The summed E-state index contributed by atoms with van der Waals surface area (Å²) < 4.78 is 0.908. The van der Waals surface area contributed by atoms with Crippen LogP contribution in [0, 0.1) is 41.4 Å². The predicted molar refractivity (Wildman–Crippen MR) is 99.4 cm³/mol. The second kappa shape index (κ2) is 7.07. The van der Waals surface area contributed by atoms with E-state index in [0.29, 0.717) is 0 Å². The van der Waals surface area contributed by atoms with Crippen LogP contribution in [-0.2, 0) is 0 Å². The molecule has 2 fully saturated rings. The molecule has 21 heavy (non-hydrogen) atoms. The normalized spacial score (nSPS) is 38.8. The molecule has 0 aromatic rings. The predicted octanol–water partition coefficient (Wildman–Crippen LogP) is 6.00. The summed E-state index contributed by atoms with van der Waals surface area (Å²) >= 11 is 2.70. The molecule has 0 N–H and O–H groups in total. The van der Waals surface area contributed by atoms with Crippen molar-refractivity contribution in [3.8, 4) is 11.8 Å². The maximum absolute atomic E-state index is 3.47. The van der Waals surface area contributed by atoms with Crippen molar-refractivity contribution in [1.29, 1.82) is 0 Å². The van der Waals surface area contributed by atoms with E-state index < -0.39 is 0 Å². The van der Waals surface area contributed by atoms with Gasteiger partial charge in [0.1, 0.15) is 0 Å². The first-order chi connectivity index (χ1) is 10.2. The number of alkyl halides is 1. The maximum atomic E-state index is 3.47. The highest BCUT2D eigenvalue weighted by Gasteiger charge is 2.44. The van der Waals surface area contributed by atoms with Crippen molar-refractivity contribution in [2.75, 3.05) is 0 Å². The highest BCUT2D eigenvalue weighted by Crippen LogP contribution is 2.49. The van der Waals surface area contributed by atoms with Crippen LogP contribution in [0.15, 0.2) is 11.6 Å². The summed E-state index contributed by atoms with van der Waals surface area (Å²) in [5, 5.41) is 0. The van der Waals surface area contributed by atoms with Crippen LogP contribution in [0.1, 0.15) is 65.2 Å². The fourth-order valence-electron chi connectivity index (χ4n) is 4.47. The molecule has 0 heterocycles. The van der Waals surface area contributed by atoms with Gasteiger partial charge in [0, 0.05) is 15.8 Å². The van der Waals surface area contributed by atoms with Gasteiger partial charge in [-0.25, -0.2) is 0 Å². The van der Waals surface area contributed by atoms with Crippen molar-refractivity contribution >= 4 is 22.6 Å². The highest BCUT2D eigenvalue weighted by molar-refractivity contribution is 14.1. The van der Waals surface area contributed by atoms with Crippen LogP contribution < -0.4 is 0 Å². The lowest BCUT2D eigenvalue weighted by Crippen LogP contribution is -2.18. The van der Waals surface area contributed by atoms with Gasteiger partial charge in [0.15, 0.2) is 0 Å². The number of halogens is 1. The Morgan fingerprint density at radius 3 is 2.76 bits per heavy atom. The third kappa shape index (κ3) is 3.69. The van der Waals surface area contributed by atoms with Gasteiger partial charge in [0.2, 0.25) is 0 Å². The molecule has 0 aromatic heterocycles. The largest absolute Gasteiger partial charge is 0.0993 e. The van der Waals surface area contributed by atoms with E-state index in [2.05, 4.69) is 54.4 Å². The van der Waals surface area contributed by atoms with Crippen molar-refractivity contribution in [2.24, 2.45) is 29.6 Å². The van der Waals surface area contributed by atoms with E-state index in [4.69, 9.17) is 0 Å². The number of hydrogen-bond acceptors (Lipinski definition) is 0. The topological polar surface area (TPSA) is 0 Å². The van der Waals surface area contributed by atoms with Gasteiger partial charge >= 0.3 is 0 Å². The van der Waals surface area contributed by atoms with Crippen LogP contribution in [0.3, 0.4) is 0 Å². The first kappa shape index (κ1) is 15.9. The molecule has 3 aliphatic carbocycles. The highest BCUT2D eigenvalue weighted by atomic mass is 127. The van der Waals surface area contributed by atoms with Crippen LogP contribution in [-0.4, -0.2) is 3.92 Å². The third-order valence-electron chi connectivity index (χ3n) is 5.94. The summed E-state index contributed by atoms with van der Waals surface area (Å²) in [6, 6.07) is 0. The van der Waals surface area contributed by atoms with Gasteiger partial charge in [-0.3, -0.25) is 0 Å². The van der Waals surface area contributed by atoms with E-state index in [1.165, 1.54) is 51.4 Å². The minimum atomic E-state index is 0.730. The second-order valence-corrected chi connectivity index (χ2v) is 9.01. The average molecular weight is 396 g/mol. The first-order valence-electron chi connectivity index (χ1n) is 9.04. The van der Waals surface area contributed by atoms with E-state index in [-0.39, 0.29) is 0 Å². The molecule has 116 valence electrons. The van der Waals surface area contributed by atoms with E-state index in [1.807, 2.05) is 0 Å². The molecule has 0 bridgehead atoms. The van der Waals surface area contributed by atoms with Crippen molar-refractivity contribution in [3.63, 3.8) is 0 Å². The summed E-state index contributed by atoms with van der Waals surface area (Å²) in [5.41, 5.74) is 1.75. The Labute approximate surface area is 144 Å². The number of hydrogen-bond donors (Lipinski definition) is 0. The number of rotatable bonds is 7. The standard InChI is InChI=1S/C20H29I/c1-3-6-15(14(2)18-9-5-10-20(18)21)7-4-8-16-11-12-17-13-19(16)17/h7,14,16-20H,3-6,8-10,13H2,1-2H3/b15-7+/t14?,16?,17-,18?,19?,20?/m1/s1. The number of fused-ring (bicyclic) bond motifs is 1. The van der Waals surface area contributed by atoms with Crippen LogP contribution in [0.25, 0.3) is 0 Å². The summed E-state index contributed by atoms with van der Waals surface area (Å²) in [4.78, 5) is 0. The summed E-state index contributed by atoms with van der Waals surface area (Å²) in [5.74, 6) is 11.1.